The maximum atomic E-state index is 11.2. The highest BCUT2D eigenvalue weighted by molar-refractivity contribution is 7.91. The van der Waals surface area contributed by atoms with E-state index in [-0.39, 0.29) is 18.1 Å². The summed E-state index contributed by atoms with van der Waals surface area (Å²) in [6.07, 6.45) is 1.50. The van der Waals surface area contributed by atoms with Gasteiger partial charge >= 0.3 is 0 Å². The van der Waals surface area contributed by atoms with E-state index in [4.69, 9.17) is 15.6 Å². The number of sulfone groups is 1. The van der Waals surface area contributed by atoms with Gasteiger partial charge < -0.3 is 15.6 Å². The Morgan fingerprint density at radius 1 is 1.33 bits per heavy atom. The Morgan fingerprint density at radius 2 is 1.93 bits per heavy atom. The molecule has 0 aromatic carbocycles. The molecule has 1 aliphatic rings. The molecule has 0 unspecified atom stereocenters. The Balaban J connectivity index is 2.48. The minimum Gasteiger partial charge on any atom is -0.396 e. The Morgan fingerprint density at radius 3 is 2.40 bits per heavy atom. The number of rotatable bonds is 5. The molecule has 1 rings (SSSR count). The van der Waals surface area contributed by atoms with Crippen LogP contribution in [0.1, 0.15) is 19.3 Å². The Hall–Kier alpha value is -0.170. The van der Waals surface area contributed by atoms with Crippen molar-refractivity contribution >= 4 is 9.84 Å². The van der Waals surface area contributed by atoms with Gasteiger partial charge in [-0.25, -0.2) is 8.42 Å². The largest absolute Gasteiger partial charge is 0.396 e. The molecule has 0 radical (unpaired) electrons. The number of hydrogen-bond donors (Lipinski definition) is 2. The summed E-state index contributed by atoms with van der Waals surface area (Å²) in [6.45, 7) is 0.862. The van der Waals surface area contributed by atoms with Crippen molar-refractivity contribution < 1.29 is 18.3 Å². The van der Waals surface area contributed by atoms with Crippen LogP contribution in [0.5, 0.6) is 0 Å². The van der Waals surface area contributed by atoms with E-state index < -0.39 is 15.4 Å². The Labute approximate surface area is 90.5 Å². The summed E-state index contributed by atoms with van der Waals surface area (Å²) in [4.78, 5) is 0. The molecule has 1 aliphatic heterocycles. The van der Waals surface area contributed by atoms with Crippen molar-refractivity contribution in [1.82, 2.24) is 0 Å². The van der Waals surface area contributed by atoms with Gasteiger partial charge in [0.15, 0.2) is 9.84 Å². The first kappa shape index (κ1) is 12.9. The third kappa shape index (κ3) is 3.71. The van der Waals surface area contributed by atoms with Gasteiger partial charge in [-0.15, -0.1) is 0 Å². The van der Waals surface area contributed by atoms with Crippen LogP contribution in [0.4, 0.5) is 0 Å². The minimum atomic E-state index is -2.88. The normalized spacial score (nSPS) is 23.9. The molecule has 0 aliphatic carbocycles. The van der Waals surface area contributed by atoms with Gasteiger partial charge in [-0.2, -0.15) is 0 Å². The summed E-state index contributed by atoms with van der Waals surface area (Å²) < 4.78 is 28.1. The lowest BCUT2D eigenvalue weighted by Gasteiger charge is -2.35. The highest BCUT2D eigenvalue weighted by Crippen LogP contribution is 2.26. The first-order valence-corrected chi connectivity index (χ1v) is 7.01. The summed E-state index contributed by atoms with van der Waals surface area (Å²) in [7, 11) is -2.88. The van der Waals surface area contributed by atoms with Gasteiger partial charge in [-0.3, -0.25) is 0 Å². The van der Waals surface area contributed by atoms with Crippen molar-refractivity contribution in [3.8, 4) is 0 Å². The van der Waals surface area contributed by atoms with Crippen molar-refractivity contribution in [2.75, 3.05) is 31.3 Å². The van der Waals surface area contributed by atoms with E-state index in [0.717, 1.165) is 0 Å². The van der Waals surface area contributed by atoms with Gasteiger partial charge in [-0.1, -0.05) is 0 Å². The molecule has 0 aromatic heterocycles. The SMILES string of the molecule is NCC1(OCCCO)CCS(=O)(=O)CC1. The molecule has 0 aromatic rings. The van der Waals surface area contributed by atoms with Crippen LogP contribution in [-0.4, -0.2) is 50.4 Å². The predicted molar refractivity (Wildman–Crippen MR) is 57.3 cm³/mol. The molecule has 90 valence electrons. The van der Waals surface area contributed by atoms with E-state index in [9.17, 15) is 8.42 Å². The van der Waals surface area contributed by atoms with Crippen LogP contribution in [0.25, 0.3) is 0 Å². The van der Waals surface area contributed by atoms with Crippen molar-refractivity contribution in [2.45, 2.75) is 24.9 Å². The molecular formula is C9H19NO4S. The lowest BCUT2D eigenvalue weighted by Crippen LogP contribution is -2.47. The summed E-state index contributed by atoms with van der Waals surface area (Å²) in [5.41, 5.74) is 5.14. The third-order valence-corrected chi connectivity index (χ3v) is 4.47. The lowest BCUT2D eigenvalue weighted by atomic mass is 9.97. The van der Waals surface area contributed by atoms with Crippen molar-refractivity contribution in [3.63, 3.8) is 0 Å². The fourth-order valence-electron chi connectivity index (χ4n) is 1.67. The zero-order valence-corrected chi connectivity index (χ0v) is 9.63. The zero-order chi connectivity index (χ0) is 11.4. The number of ether oxygens (including phenoxy) is 1. The van der Waals surface area contributed by atoms with Crippen LogP contribution in [0, 0.1) is 0 Å². The van der Waals surface area contributed by atoms with Crippen LogP contribution in [0.15, 0.2) is 0 Å². The molecule has 1 heterocycles. The van der Waals surface area contributed by atoms with Crippen LogP contribution < -0.4 is 5.73 Å². The van der Waals surface area contributed by atoms with Crippen LogP contribution in [0.2, 0.25) is 0 Å². The summed E-state index contributed by atoms with van der Waals surface area (Å²) in [5.74, 6) is 0.312. The maximum Gasteiger partial charge on any atom is 0.150 e. The van der Waals surface area contributed by atoms with E-state index >= 15 is 0 Å². The summed E-state index contributed by atoms with van der Waals surface area (Å²) in [5, 5.41) is 8.63. The number of nitrogens with two attached hydrogens (primary N) is 1. The highest BCUT2D eigenvalue weighted by atomic mass is 32.2. The van der Waals surface area contributed by atoms with Gasteiger partial charge in [0, 0.05) is 19.8 Å². The highest BCUT2D eigenvalue weighted by Gasteiger charge is 2.36. The van der Waals surface area contributed by atoms with Gasteiger partial charge in [-0.05, 0) is 19.3 Å². The lowest BCUT2D eigenvalue weighted by molar-refractivity contribution is -0.0496. The molecule has 3 N–H and O–H groups in total. The van der Waals surface area contributed by atoms with Gasteiger partial charge in [0.05, 0.1) is 17.1 Å². The van der Waals surface area contributed by atoms with Crippen molar-refractivity contribution in [3.05, 3.63) is 0 Å². The number of aliphatic hydroxyl groups excluding tert-OH is 1. The van der Waals surface area contributed by atoms with E-state index in [0.29, 0.717) is 32.4 Å². The standard InChI is InChI=1S/C9H19NO4S/c10-8-9(14-5-1-4-11)2-6-15(12,13)7-3-9/h11H,1-8,10H2. The summed E-state index contributed by atoms with van der Waals surface area (Å²) >= 11 is 0. The van der Waals surface area contributed by atoms with Gasteiger partial charge in [0.2, 0.25) is 0 Å². The second kappa shape index (κ2) is 5.25. The molecular weight excluding hydrogens is 218 g/mol. The molecule has 1 saturated heterocycles. The predicted octanol–water partition coefficient (Wildman–Crippen LogP) is -0.708. The molecule has 1 fully saturated rings. The summed E-state index contributed by atoms with van der Waals surface area (Å²) in [6, 6.07) is 0. The fraction of sp³-hybridized carbons (Fsp3) is 1.00. The topological polar surface area (TPSA) is 89.6 Å². The van der Waals surface area contributed by atoms with Crippen LogP contribution in [-0.2, 0) is 14.6 Å². The molecule has 15 heavy (non-hydrogen) atoms. The molecule has 0 bridgehead atoms. The Kier molecular flexibility index (Phi) is 4.51. The minimum absolute atomic E-state index is 0.0823. The van der Waals surface area contributed by atoms with E-state index in [1.165, 1.54) is 0 Å². The van der Waals surface area contributed by atoms with Crippen molar-refractivity contribution in [1.29, 1.82) is 0 Å². The molecule has 0 atom stereocenters. The molecule has 6 heteroatoms. The second-order valence-corrected chi connectivity index (χ2v) is 6.27. The quantitative estimate of drug-likeness (QED) is 0.617. The molecule has 5 nitrogen and oxygen atoms in total. The van der Waals surface area contributed by atoms with E-state index in [1.807, 2.05) is 0 Å². The first-order chi connectivity index (χ1) is 7.04. The Bertz CT molecular complexity index is 274. The molecule has 0 saturated carbocycles. The molecule has 0 amide bonds. The van der Waals surface area contributed by atoms with Crippen molar-refractivity contribution in [2.24, 2.45) is 5.73 Å². The second-order valence-electron chi connectivity index (χ2n) is 3.96. The average Bonchev–Trinajstić information content (AvgIpc) is 2.22. The smallest absolute Gasteiger partial charge is 0.150 e. The average molecular weight is 237 g/mol. The van der Waals surface area contributed by atoms with Crippen LogP contribution in [0.3, 0.4) is 0 Å². The van der Waals surface area contributed by atoms with Crippen LogP contribution >= 0.6 is 0 Å². The number of aliphatic hydroxyl groups is 1. The molecule has 0 spiro atoms. The first-order valence-electron chi connectivity index (χ1n) is 5.19. The zero-order valence-electron chi connectivity index (χ0n) is 8.81. The van der Waals surface area contributed by atoms with E-state index in [1.54, 1.807) is 0 Å². The third-order valence-electron chi connectivity index (χ3n) is 2.82. The van der Waals surface area contributed by atoms with Gasteiger partial charge in [0.25, 0.3) is 0 Å². The van der Waals surface area contributed by atoms with E-state index in [2.05, 4.69) is 0 Å². The monoisotopic (exact) mass is 237 g/mol. The number of hydrogen-bond acceptors (Lipinski definition) is 5. The maximum absolute atomic E-state index is 11.2. The fourth-order valence-corrected chi connectivity index (χ4v) is 3.24. The van der Waals surface area contributed by atoms with Gasteiger partial charge in [0.1, 0.15) is 0 Å².